The van der Waals surface area contributed by atoms with Gasteiger partial charge in [-0.3, -0.25) is 4.79 Å². The van der Waals surface area contributed by atoms with E-state index in [2.05, 4.69) is 58.3 Å². The molecule has 0 fully saturated rings. The highest BCUT2D eigenvalue weighted by Crippen LogP contribution is 2.34. The van der Waals surface area contributed by atoms with Crippen LogP contribution in [0.5, 0.6) is 5.75 Å². The molecule has 2 aromatic carbocycles. The number of hydrogen-bond donors (Lipinski definition) is 1. The van der Waals surface area contributed by atoms with E-state index in [0.717, 1.165) is 30.1 Å². The number of carbonyl (C=O) groups is 1. The van der Waals surface area contributed by atoms with Gasteiger partial charge in [-0.05, 0) is 80.7 Å². The van der Waals surface area contributed by atoms with Gasteiger partial charge in [0.2, 0.25) is 0 Å². The van der Waals surface area contributed by atoms with Crippen molar-refractivity contribution < 1.29 is 13.9 Å². The number of fused-ring (bicyclic) bond motifs is 1. The van der Waals surface area contributed by atoms with Gasteiger partial charge in [-0.25, -0.2) is 5.43 Å². The molecule has 0 unspecified atom stereocenters. The number of nitrogens with zero attached hydrogens (tertiary/aromatic N) is 1. The van der Waals surface area contributed by atoms with Crippen LogP contribution < -0.4 is 10.2 Å². The van der Waals surface area contributed by atoms with Crippen LogP contribution in [0.15, 0.2) is 59.3 Å². The second-order valence-corrected chi connectivity index (χ2v) is 7.86. The lowest BCUT2D eigenvalue weighted by atomic mass is 10.2. The molecule has 1 heterocycles. The molecule has 0 aliphatic heterocycles. The van der Waals surface area contributed by atoms with Crippen molar-refractivity contribution in [1.82, 2.24) is 5.43 Å². The minimum absolute atomic E-state index is 0.198. The summed E-state index contributed by atoms with van der Waals surface area (Å²) < 4.78 is 13.6. The van der Waals surface area contributed by atoms with Crippen LogP contribution in [0.4, 0.5) is 0 Å². The average Bonchev–Trinajstić information content (AvgIpc) is 3.01. The molecule has 134 valence electrons. The van der Waals surface area contributed by atoms with E-state index in [4.69, 9.17) is 9.15 Å². The van der Waals surface area contributed by atoms with E-state index >= 15 is 0 Å². The Labute approximate surface area is 175 Å². The van der Waals surface area contributed by atoms with E-state index < -0.39 is 5.91 Å². The fourth-order valence-corrected chi connectivity index (χ4v) is 4.11. The predicted octanol–water partition coefficient (Wildman–Crippen LogP) is 5.88. The van der Waals surface area contributed by atoms with Crippen LogP contribution >= 0.6 is 47.8 Å². The van der Waals surface area contributed by atoms with E-state index in [9.17, 15) is 4.79 Å². The summed E-state index contributed by atoms with van der Waals surface area (Å²) >= 11 is 10.3. The normalized spacial score (nSPS) is 11.2. The highest BCUT2D eigenvalue weighted by Gasteiger charge is 2.12. The molecule has 0 saturated heterocycles. The summed E-state index contributed by atoms with van der Waals surface area (Å²) in [6.45, 7) is 2.48. The number of rotatable bonds is 5. The van der Waals surface area contributed by atoms with Crippen molar-refractivity contribution in [3.8, 4) is 5.75 Å². The van der Waals surface area contributed by atoms with Gasteiger partial charge >= 0.3 is 5.91 Å². The van der Waals surface area contributed by atoms with Crippen molar-refractivity contribution in [2.75, 3.05) is 6.61 Å². The van der Waals surface area contributed by atoms with Gasteiger partial charge in [0.1, 0.15) is 11.3 Å². The molecule has 0 saturated carbocycles. The molecule has 3 rings (SSSR count). The largest absolute Gasteiger partial charge is 0.492 e. The molecular formula is C18H13Br3N2O3. The Morgan fingerprint density at radius 2 is 1.92 bits per heavy atom. The minimum Gasteiger partial charge on any atom is -0.492 e. The number of ether oxygens (including phenoxy) is 1. The molecule has 0 aliphatic carbocycles. The summed E-state index contributed by atoms with van der Waals surface area (Å²) in [5.41, 5.74) is 3.90. The highest BCUT2D eigenvalue weighted by atomic mass is 79.9. The Kier molecular flexibility index (Phi) is 6.16. The van der Waals surface area contributed by atoms with E-state index in [-0.39, 0.29) is 5.76 Å². The third-order valence-electron chi connectivity index (χ3n) is 3.39. The number of hydrogen-bond acceptors (Lipinski definition) is 4. The molecule has 1 amide bonds. The Hall–Kier alpha value is -1.64. The quantitative estimate of drug-likeness (QED) is 0.322. The zero-order chi connectivity index (χ0) is 18.7. The Bertz CT molecular complexity index is 976. The summed E-state index contributed by atoms with van der Waals surface area (Å²) in [5.74, 6) is 0.504. The van der Waals surface area contributed by atoms with Gasteiger partial charge < -0.3 is 9.15 Å². The van der Waals surface area contributed by atoms with Crippen LogP contribution in [0, 0.1) is 0 Å². The number of amides is 1. The maximum Gasteiger partial charge on any atom is 0.307 e. The van der Waals surface area contributed by atoms with Crippen LogP contribution in [0.2, 0.25) is 0 Å². The van der Waals surface area contributed by atoms with E-state index in [1.165, 1.54) is 0 Å². The number of carbonyl (C=O) groups excluding carboxylic acids is 1. The lowest BCUT2D eigenvalue weighted by Crippen LogP contribution is -2.16. The number of hydrazone groups is 1. The van der Waals surface area contributed by atoms with E-state index in [1.807, 2.05) is 31.2 Å². The van der Waals surface area contributed by atoms with Crippen LogP contribution in [-0.2, 0) is 0 Å². The van der Waals surface area contributed by atoms with Crippen LogP contribution in [0.25, 0.3) is 11.0 Å². The zero-order valence-electron chi connectivity index (χ0n) is 13.6. The minimum atomic E-state index is -0.419. The van der Waals surface area contributed by atoms with E-state index in [0.29, 0.717) is 12.2 Å². The van der Waals surface area contributed by atoms with Gasteiger partial charge in [0, 0.05) is 9.86 Å². The Morgan fingerprint density at radius 1 is 1.19 bits per heavy atom. The average molecular weight is 545 g/mol. The second kappa shape index (κ2) is 8.37. The molecule has 5 nitrogen and oxygen atoms in total. The highest BCUT2D eigenvalue weighted by molar-refractivity contribution is 9.11. The Morgan fingerprint density at radius 3 is 2.62 bits per heavy atom. The lowest BCUT2D eigenvalue weighted by Gasteiger charge is -2.09. The SMILES string of the molecule is CCOc1c(Br)cc(/C=N/NC(=O)c2cc3cc(Br)ccc3o2)cc1Br. The monoisotopic (exact) mass is 542 g/mol. The van der Waals surface area contributed by atoms with Gasteiger partial charge in [0.25, 0.3) is 0 Å². The maximum atomic E-state index is 12.2. The summed E-state index contributed by atoms with van der Waals surface area (Å²) in [4.78, 5) is 12.2. The topological polar surface area (TPSA) is 63.8 Å². The molecular weight excluding hydrogens is 532 g/mol. The number of halogens is 3. The first-order chi connectivity index (χ1) is 12.5. The fraction of sp³-hybridized carbons (Fsp3) is 0.111. The molecule has 0 aliphatic rings. The van der Waals surface area contributed by atoms with Gasteiger partial charge in [-0.15, -0.1) is 0 Å². The van der Waals surface area contributed by atoms with E-state index in [1.54, 1.807) is 18.3 Å². The van der Waals surface area contributed by atoms with Crippen molar-refractivity contribution in [3.05, 3.63) is 61.1 Å². The number of nitrogens with one attached hydrogen (secondary N) is 1. The van der Waals surface area contributed by atoms with Gasteiger partial charge in [-0.1, -0.05) is 15.9 Å². The van der Waals surface area contributed by atoms with Gasteiger partial charge in [0.15, 0.2) is 5.76 Å². The van der Waals surface area contributed by atoms with Crippen LogP contribution in [0.3, 0.4) is 0 Å². The van der Waals surface area contributed by atoms with Crippen molar-refractivity contribution in [1.29, 1.82) is 0 Å². The van der Waals surface area contributed by atoms with Gasteiger partial charge in [-0.2, -0.15) is 5.10 Å². The zero-order valence-corrected chi connectivity index (χ0v) is 18.3. The summed E-state index contributed by atoms with van der Waals surface area (Å²) in [6.07, 6.45) is 1.54. The molecule has 1 N–H and O–H groups in total. The molecule has 1 aromatic heterocycles. The number of benzene rings is 2. The first-order valence-electron chi connectivity index (χ1n) is 7.62. The number of furan rings is 1. The molecule has 3 aromatic rings. The van der Waals surface area contributed by atoms with Crippen molar-refractivity contribution in [2.45, 2.75) is 6.92 Å². The third-order valence-corrected chi connectivity index (χ3v) is 5.06. The first-order valence-corrected chi connectivity index (χ1v) is 10.00. The molecule has 8 heteroatoms. The smallest absolute Gasteiger partial charge is 0.307 e. The Balaban J connectivity index is 1.72. The van der Waals surface area contributed by atoms with Crippen molar-refractivity contribution >= 4 is 70.9 Å². The summed E-state index contributed by atoms with van der Waals surface area (Å²) in [7, 11) is 0. The summed E-state index contributed by atoms with van der Waals surface area (Å²) in [5, 5.41) is 4.83. The lowest BCUT2D eigenvalue weighted by molar-refractivity contribution is 0.0929. The molecule has 0 bridgehead atoms. The second-order valence-electron chi connectivity index (χ2n) is 5.24. The molecule has 0 atom stereocenters. The van der Waals surface area contributed by atoms with Crippen molar-refractivity contribution in [2.24, 2.45) is 5.10 Å². The standard InChI is InChI=1S/C18H13Br3N2O3/c1-2-25-17-13(20)5-10(6-14(17)21)9-22-23-18(24)16-8-11-7-12(19)3-4-15(11)26-16/h3-9H,2H2,1H3,(H,23,24)/b22-9+. The van der Waals surface area contributed by atoms with Crippen molar-refractivity contribution in [3.63, 3.8) is 0 Å². The molecule has 0 spiro atoms. The maximum absolute atomic E-state index is 12.2. The van der Waals surface area contributed by atoms with Crippen LogP contribution in [-0.4, -0.2) is 18.7 Å². The molecule has 26 heavy (non-hydrogen) atoms. The third kappa shape index (κ3) is 4.36. The summed E-state index contributed by atoms with van der Waals surface area (Å²) in [6, 6.07) is 10.9. The van der Waals surface area contributed by atoms with Gasteiger partial charge in [0.05, 0.1) is 21.8 Å². The van der Waals surface area contributed by atoms with Crippen LogP contribution in [0.1, 0.15) is 23.0 Å². The fourth-order valence-electron chi connectivity index (χ4n) is 2.28. The predicted molar refractivity (Wildman–Crippen MR) is 112 cm³/mol. The first kappa shape index (κ1) is 19.1. The molecule has 0 radical (unpaired) electrons.